The maximum atomic E-state index is 13.4. The van der Waals surface area contributed by atoms with Crippen molar-refractivity contribution in [2.24, 2.45) is 11.8 Å². The van der Waals surface area contributed by atoms with Gasteiger partial charge in [-0.3, -0.25) is 5.01 Å². The van der Waals surface area contributed by atoms with Gasteiger partial charge in [0.2, 0.25) is 10.0 Å². The molecule has 2 aromatic carbocycles. The van der Waals surface area contributed by atoms with Crippen LogP contribution in [0.3, 0.4) is 0 Å². The van der Waals surface area contributed by atoms with E-state index in [1.165, 1.54) is 39.7 Å². The third-order valence-electron chi connectivity index (χ3n) is 6.91. The van der Waals surface area contributed by atoms with Gasteiger partial charge >= 0.3 is 0 Å². The molecule has 180 valence electrons. The van der Waals surface area contributed by atoms with Gasteiger partial charge in [-0.15, -0.1) is 0 Å². The maximum Gasteiger partial charge on any atom is 0.244 e. The minimum absolute atomic E-state index is 0.0298. The molecule has 2 aromatic rings. The highest BCUT2D eigenvalue weighted by Gasteiger charge is 2.40. The molecule has 0 fully saturated rings. The summed E-state index contributed by atoms with van der Waals surface area (Å²) >= 11 is 0. The van der Waals surface area contributed by atoms with Gasteiger partial charge in [0, 0.05) is 24.2 Å². The fourth-order valence-corrected chi connectivity index (χ4v) is 6.62. The number of nitriles is 1. The van der Waals surface area contributed by atoms with Gasteiger partial charge in [0.25, 0.3) is 0 Å². The van der Waals surface area contributed by atoms with Crippen molar-refractivity contribution in [1.29, 1.82) is 5.26 Å². The Kier molecular flexibility index (Phi) is 5.95. The molecule has 9 heteroatoms. The first-order valence-corrected chi connectivity index (χ1v) is 12.8. The third kappa shape index (κ3) is 4.13. The van der Waals surface area contributed by atoms with Gasteiger partial charge in [0.1, 0.15) is 18.2 Å². The summed E-state index contributed by atoms with van der Waals surface area (Å²) in [5, 5.41) is 11.3. The number of rotatable bonds is 6. The van der Waals surface area contributed by atoms with Crippen molar-refractivity contribution in [2.45, 2.75) is 24.7 Å². The Morgan fingerprint density at radius 3 is 2.43 bits per heavy atom. The Balaban J connectivity index is 1.43. The van der Waals surface area contributed by atoms with Crippen LogP contribution in [0, 0.1) is 34.8 Å². The summed E-state index contributed by atoms with van der Waals surface area (Å²) in [6.07, 6.45) is 5.63. The molecule has 2 aliphatic carbocycles. The van der Waals surface area contributed by atoms with E-state index in [1.807, 2.05) is 17.3 Å². The van der Waals surface area contributed by atoms with Crippen molar-refractivity contribution >= 4 is 15.7 Å². The molecule has 1 N–H and O–H groups in total. The topological polar surface area (TPSA) is 76.4 Å². The van der Waals surface area contributed by atoms with Crippen molar-refractivity contribution in [3.05, 3.63) is 94.9 Å². The van der Waals surface area contributed by atoms with Crippen LogP contribution in [-0.2, 0) is 10.0 Å². The molecule has 0 amide bonds. The second-order valence-electron chi connectivity index (χ2n) is 8.92. The highest BCUT2D eigenvalue weighted by atomic mass is 32.2. The van der Waals surface area contributed by atoms with E-state index < -0.39 is 15.8 Å². The number of benzene rings is 2. The summed E-state index contributed by atoms with van der Waals surface area (Å²) in [6.45, 7) is 2.00. The second kappa shape index (κ2) is 8.95. The summed E-state index contributed by atoms with van der Waals surface area (Å²) < 4.78 is 54.4. The number of hydrazine groups is 1. The molecule has 6 nitrogen and oxygen atoms in total. The SMILES string of the molecule is C[C@H]1C2=CNN(c3ccc(F)cc3)C2=CC2=C1[C@@H](CN(CC#N)S(=O)(=O)c1ccc(F)cc1)CC2. The molecule has 0 saturated heterocycles. The highest BCUT2D eigenvalue weighted by molar-refractivity contribution is 7.89. The summed E-state index contributed by atoms with van der Waals surface area (Å²) in [5.41, 5.74) is 8.50. The molecule has 0 bridgehead atoms. The van der Waals surface area contributed by atoms with Crippen molar-refractivity contribution in [2.75, 3.05) is 18.1 Å². The van der Waals surface area contributed by atoms with Crippen molar-refractivity contribution in [1.82, 2.24) is 9.73 Å². The van der Waals surface area contributed by atoms with Crippen LogP contribution in [0.2, 0.25) is 0 Å². The summed E-state index contributed by atoms with van der Waals surface area (Å²) in [7, 11) is -3.95. The number of hydrogen-bond donors (Lipinski definition) is 1. The largest absolute Gasteiger partial charge is 0.301 e. The fourth-order valence-electron chi connectivity index (χ4n) is 5.23. The normalized spacial score (nSPS) is 21.3. The molecule has 0 spiro atoms. The first kappa shape index (κ1) is 23.3. The molecule has 0 radical (unpaired) electrons. The first-order valence-electron chi connectivity index (χ1n) is 11.4. The lowest BCUT2D eigenvalue weighted by Gasteiger charge is -2.31. The standard InChI is InChI=1S/C26H24F2N4O2S/c1-17-24-15-30-32(22-8-4-20(27)5-9-22)25(24)14-18-2-3-19(26(17)18)16-31(13-12-29)35(33,34)23-10-6-21(28)7-11-23/h4-11,14-15,17,19,30H,2-3,13,16H2,1H3/t17-,19+/m0/s1. The molecule has 0 saturated carbocycles. The first-order chi connectivity index (χ1) is 16.8. The fraction of sp³-hybridized carbons (Fsp3) is 0.269. The van der Waals surface area contributed by atoms with Gasteiger partial charge in [0.15, 0.2) is 0 Å². The van der Waals surface area contributed by atoms with E-state index >= 15 is 0 Å². The molecular formula is C26H24F2N4O2S. The Morgan fingerprint density at radius 1 is 1.11 bits per heavy atom. The minimum Gasteiger partial charge on any atom is -0.301 e. The van der Waals surface area contributed by atoms with Crippen LogP contribution in [0.1, 0.15) is 19.8 Å². The lowest BCUT2D eigenvalue weighted by molar-refractivity contribution is 0.380. The molecule has 0 unspecified atom stereocenters. The molecule has 5 rings (SSSR count). The molecule has 2 atom stereocenters. The van der Waals surface area contributed by atoms with Crippen LogP contribution in [0.25, 0.3) is 0 Å². The van der Waals surface area contributed by atoms with Crippen LogP contribution in [0.5, 0.6) is 0 Å². The molecule has 35 heavy (non-hydrogen) atoms. The average Bonchev–Trinajstić information content (AvgIpc) is 3.45. The van der Waals surface area contributed by atoms with Crippen LogP contribution in [0.4, 0.5) is 14.5 Å². The minimum atomic E-state index is -3.95. The Morgan fingerprint density at radius 2 is 1.77 bits per heavy atom. The number of fused-ring (bicyclic) bond motifs is 1. The van der Waals surface area contributed by atoms with Gasteiger partial charge in [-0.2, -0.15) is 9.57 Å². The zero-order chi connectivity index (χ0) is 24.7. The quantitative estimate of drug-likeness (QED) is 0.593. The molecule has 3 aliphatic rings. The number of nitrogens with one attached hydrogen (secondary N) is 1. The zero-order valence-electron chi connectivity index (χ0n) is 19.1. The van der Waals surface area contributed by atoms with Gasteiger partial charge in [-0.25, -0.2) is 17.2 Å². The van der Waals surface area contributed by atoms with Gasteiger partial charge in [0.05, 0.1) is 22.3 Å². The Bertz CT molecular complexity index is 1390. The molecule has 1 aliphatic heterocycles. The van der Waals surface area contributed by atoms with Crippen LogP contribution in [-0.4, -0.2) is 25.8 Å². The molecule has 0 aromatic heterocycles. The third-order valence-corrected chi connectivity index (χ3v) is 8.74. The smallest absolute Gasteiger partial charge is 0.244 e. The van der Waals surface area contributed by atoms with E-state index in [0.717, 1.165) is 41.9 Å². The Labute approximate surface area is 203 Å². The Hall–Kier alpha value is -3.48. The molecule has 1 heterocycles. The molecular weight excluding hydrogens is 470 g/mol. The maximum absolute atomic E-state index is 13.4. The predicted molar refractivity (Wildman–Crippen MR) is 128 cm³/mol. The van der Waals surface area contributed by atoms with Crippen molar-refractivity contribution in [3.63, 3.8) is 0 Å². The zero-order valence-corrected chi connectivity index (χ0v) is 19.9. The van der Waals surface area contributed by atoms with Crippen molar-refractivity contribution in [3.8, 4) is 6.07 Å². The van der Waals surface area contributed by atoms with Gasteiger partial charge in [-0.1, -0.05) is 12.5 Å². The van der Waals surface area contributed by atoms with Crippen LogP contribution < -0.4 is 10.4 Å². The van der Waals surface area contributed by atoms with E-state index in [2.05, 4.69) is 18.4 Å². The van der Waals surface area contributed by atoms with E-state index in [1.54, 1.807) is 12.1 Å². The summed E-state index contributed by atoms with van der Waals surface area (Å²) in [5.74, 6) is -0.809. The highest BCUT2D eigenvalue weighted by Crippen LogP contribution is 2.48. The van der Waals surface area contributed by atoms with E-state index in [0.29, 0.717) is 0 Å². The van der Waals surface area contributed by atoms with E-state index in [9.17, 15) is 22.5 Å². The van der Waals surface area contributed by atoms with E-state index in [4.69, 9.17) is 0 Å². The average molecular weight is 495 g/mol. The monoisotopic (exact) mass is 494 g/mol. The summed E-state index contributed by atoms with van der Waals surface area (Å²) in [4.78, 5) is -0.0298. The van der Waals surface area contributed by atoms with E-state index in [-0.39, 0.29) is 35.6 Å². The van der Waals surface area contributed by atoms with Crippen LogP contribution >= 0.6 is 0 Å². The number of nitrogens with zero attached hydrogens (tertiary/aromatic N) is 3. The van der Waals surface area contributed by atoms with Gasteiger partial charge in [-0.05, 0) is 78.9 Å². The number of halogens is 2. The van der Waals surface area contributed by atoms with Crippen molar-refractivity contribution < 1.29 is 17.2 Å². The number of hydrogen-bond acceptors (Lipinski definition) is 5. The summed E-state index contributed by atoms with van der Waals surface area (Å²) in [6, 6.07) is 12.9. The lowest BCUT2D eigenvalue weighted by Crippen LogP contribution is -2.36. The second-order valence-corrected chi connectivity index (χ2v) is 10.9. The lowest BCUT2D eigenvalue weighted by atomic mass is 9.80. The predicted octanol–water partition coefficient (Wildman–Crippen LogP) is 4.63. The number of allylic oxidation sites excluding steroid dienone is 3. The van der Waals surface area contributed by atoms with Gasteiger partial charge < -0.3 is 5.43 Å². The van der Waals surface area contributed by atoms with Crippen LogP contribution in [0.15, 0.2) is 88.1 Å². The number of sulfonamides is 1. The number of anilines is 1.